The lowest BCUT2D eigenvalue weighted by Gasteiger charge is -2.38. The quantitative estimate of drug-likeness (QED) is 0.469. The van der Waals surface area contributed by atoms with Gasteiger partial charge in [0.05, 0.1) is 5.52 Å². The lowest BCUT2D eigenvalue weighted by molar-refractivity contribution is -0.270. The van der Waals surface area contributed by atoms with E-state index >= 15 is 0 Å². The fourth-order valence-electron chi connectivity index (χ4n) is 2.54. The van der Waals surface area contributed by atoms with E-state index in [1.807, 2.05) is 0 Å². The molecule has 24 heavy (non-hydrogen) atoms. The number of carbonyl (C=O) groups is 1. The van der Waals surface area contributed by atoms with Crippen LogP contribution in [-0.4, -0.2) is 62.1 Å². The van der Waals surface area contributed by atoms with Crippen LogP contribution in [0.4, 0.5) is 0 Å². The fraction of sp³-hybridized carbons (Fsp3) is 0.333. The summed E-state index contributed by atoms with van der Waals surface area (Å²) in [6, 6.07) is 7.81. The third-order valence-electron chi connectivity index (χ3n) is 3.77. The number of ether oxygens (including phenoxy) is 2. The first-order valence-electron chi connectivity index (χ1n) is 7.09. The van der Waals surface area contributed by atoms with Crippen LogP contribution in [0.5, 0.6) is 5.75 Å². The van der Waals surface area contributed by atoms with Crippen LogP contribution < -0.4 is 10.3 Å². The van der Waals surface area contributed by atoms with E-state index in [0.717, 1.165) is 6.07 Å². The third kappa shape index (κ3) is 2.85. The third-order valence-corrected chi connectivity index (χ3v) is 3.77. The van der Waals surface area contributed by atoms with Crippen molar-refractivity contribution < 1.29 is 34.7 Å². The van der Waals surface area contributed by atoms with Gasteiger partial charge in [-0.25, -0.2) is 4.79 Å². The molecule has 1 aliphatic rings. The monoisotopic (exact) mass is 337 g/mol. The number of hydrogen-bond acceptors (Lipinski definition) is 7. The average Bonchev–Trinajstić information content (AvgIpc) is 2.54. The first-order valence-corrected chi connectivity index (χ1v) is 7.09. The number of aromatic nitrogens is 1. The summed E-state index contributed by atoms with van der Waals surface area (Å²) >= 11 is 0. The molecule has 0 bridgehead atoms. The predicted molar refractivity (Wildman–Crippen MR) is 79.5 cm³/mol. The second-order valence-corrected chi connectivity index (χ2v) is 5.40. The minimum atomic E-state index is -1.81. The number of benzene rings is 1. The summed E-state index contributed by atoms with van der Waals surface area (Å²) < 4.78 is 10.5. The summed E-state index contributed by atoms with van der Waals surface area (Å²) in [5.41, 5.74) is 0.00466. The van der Waals surface area contributed by atoms with E-state index in [1.165, 1.54) is 0 Å². The van der Waals surface area contributed by atoms with E-state index in [4.69, 9.17) is 14.6 Å². The van der Waals surface area contributed by atoms with Gasteiger partial charge < -0.3 is 34.9 Å². The summed E-state index contributed by atoms with van der Waals surface area (Å²) in [6.07, 6.45) is -8.64. The van der Waals surface area contributed by atoms with Gasteiger partial charge in [0.15, 0.2) is 6.10 Å². The van der Waals surface area contributed by atoms with Gasteiger partial charge in [0.2, 0.25) is 6.29 Å². The van der Waals surface area contributed by atoms with Gasteiger partial charge in [0, 0.05) is 11.5 Å². The summed E-state index contributed by atoms with van der Waals surface area (Å²) in [5, 5.41) is 38.9. The Bertz CT molecular complexity index is 818. The smallest absolute Gasteiger partial charge is 0.335 e. The maximum Gasteiger partial charge on any atom is 0.335 e. The lowest BCUT2D eigenvalue weighted by Crippen LogP contribution is -2.61. The number of nitrogens with one attached hydrogen (secondary N) is 1. The number of H-pyrrole nitrogens is 1. The number of aliphatic hydroxyl groups excluding tert-OH is 3. The molecule has 9 nitrogen and oxygen atoms in total. The zero-order chi connectivity index (χ0) is 17.4. The van der Waals surface area contributed by atoms with E-state index < -0.39 is 42.2 Å². The second-order valence-electron chi connectivity index (χ2n) is 5.40. The molecule has 1 fully saturated rings. The molecule has 128 valence electrons. The summed E-state index contributed by atoms with van der Waals surface area (Å²) in [6.45, 7) is 0. The van der Waals surface area contributed by atoms with Crippen LogP contribution in [0.3, 0.4) is 0 Å². The molecule has 1 aromatic carbocycles. The zero-order valence-corrected chi connectivity index (χ0v) is 12.2. The second kappa shape index (κ2) is 6.21. The average molecular weight is 337 g/mol. The van der Waals surface area contributed by atoms with Crippen molar-refractivity contribution in [1.29, 1.82) is 0 Å². The summed E-state index contributed by atoms with van der Waals surface area (Å²) in [4.78, 5) is 25.4. The van der Waals surface area contributed by atoms with Gasteiger partial charge in [-0.05, 0) is 12.1 Å². The Labute approximate surface area is 134 Å². The largest absolute Gasteiger partial charge is 0.479 e. The van der Waals surface area contributed by atoms with Crippen molar-refractivity contribution in [1.82, 2.24) is 4.98 Å². The molecule has 0 radical (unpaired) electrons. The highest BCUT2D eigenvalue weighted by Gasteiger charge is 2.48. The van der Waals surface area contributed by atoms with E-state index in [-0.39, 0.29) is 5.75 Å². The van der Waals surface area contributed by atoms with Gasteiger partial charge in [-0.2, -0.15) is 0 Å². The Kier molecular flexibility index (Phi) is 4.24. The van der Waals surface area contributed by atoms with Crippen LogP contribution in [0, 0.1) is 0 Å². The molecule has 5 N–H and O–H groups in total. The van der Waals surface area contributed by atoms with Gasteiger partial charge in [-0.1, -0.05) is 12.1 Å². The first kappa shape index (κ1) is 16.4. The molecule has 1 aromatic heterocycles. The number of carboxylic acid groups (broad SMARTS) is 1. The zero-order valence-electron chi connectivity index (χ0n) is 12.2. The molecular formula is C15H15NO8. The van der Waals surface area contributed by atoms with Crippen LogP contribution in [0.1, 0.15) is 0 Å². The van der Waals surface area contributed by atoms with Crippen molar-refractivity contribution in [3.63, 3.8) is 0 Å². The van der Waals surface area contributed by atoms with Gasteiger partial charge in [-0.15, -0.1) is 0 Å². The van der Waals surface area contributed by atoms with Gasteiger partial charge in [-0.3, -0.25) is 4.79 Å². The van der Waals surface area contributed by atoms with Crippen molar-refractivity contribution in [3.05, 3.63) is 40.7 Å². The molecule has 2 aromatic rings. The Morgan fingerprint density at radius 2 is 1.83 bits per heavy atom. The Hall–Kier alpha value is -2.46. The van der Waals surface area contributed by atoms with Crippen LogP contribution in [0.15, 0.2) is 35.1 Å². The number of fused-ring (bicyclic) bond motifs is 1. The fourth-order valence-corrected chi connectivity index (χ4v) is 2.54. The summed E-state index contributed by atoms with van der Waals surface area (Å²) in [5.74, 6) is -1.47. The molecule has 5 atom stereocenters. The maximum absolute atomic E-state index is 11.7. The predicted octanol–water partition coefficient (Wildman–Crippen LogP) is -1.20. The van der Waals surface area contributed by atoms with Crippen molar-refractivity contribution >= 4 is 16.9 Å². The van der Waals surface area contributed by atoms with E-state index in [0.29, 0.717) is 10.9 Å². The molecule has 1 saturated heterocycles. The Balaban J connectivity index is 1.95. The Morgan fingerprint density at radius 3 is 2.54 bits per heavy atom. The number of rotatable bonds is 3. The topological polar surface area (TPSA) is 149 Å². The van der Waals surface area contributed by atoms with Crippen molar-refractivity contribution in [2.24, 2.45) is 0 Å². The van der Waals surface area contributed by atoms with Crippen LogP contribution in [-0.2, 0) is 9.53 Å². The molecule has 1 aliphatic heterocycles. The molecule has 0 amide bonds. The highest BCUT2D eigenvalue weighted by Crippen LogP contribution is 2.28. The molecule has 0 saturated carbocycles. The van der Waals surface area contributed by atoms with E-state index in [2.05, 4.69) is 4.98 Å². The number of aromatic amines is 1. The van der Waals surface area contributed by atoms with Crippen molar-refractivity contribution in [2.75, 3.05) is 0 Å². The number of aliphatic carboxylic acids is 1. The number of para-hydroxylation sites is 1. The minimum Gasteiger partial charge on any atom is -0.479 e. The van der Waals surface area contributed by atoms with Crippen molar-refractivity contribution in [2.45, 2.75) is 30.7 Å². The molecule has 0 spiro atoms. The van der Waals surface area contributed by atoms with Gasteiger partial charge in [0.1, 0.15) is 24.1 Å². The normalized spacial score (nSPS) is 30.2. The SMILES string of the molecule is O=C(O)[C@H]1O[C@@H](Oc2cc(=O)[nH]c3ccccc23)[C@H](O)[C@@H](O)[C@@H]1O. The van der Waals surface area contributed by atoms with E-state index in [9.17, 15) is 24.9 Å². The maximum atomic E-state index is 11.7. The molecule has 9 heteroatoms. The number of aliphatic hydroxyl groups is 3. The number of carboxylic acids is 1. The Morgan fingerprint density at radius 1 is 1.12 bits per heavy atom. The molecule has 0 aliphatic carbocycles. The lowest BCUT2D eigenvalue weighted by atomic mass is 9.99. The highest BCUT2D eigenvalue weighted by molar-refractivity contribution is 5.84. The van der Waals surface area contributed by atoms with Crippen LogP contribution >= 0.6 is 0 Å². The number of hydrogen-bond donors (Lipinski definition) is 5. The van der Waals surface area contributed by atoms with Crippen molar-refractivity contribution in [3.8, 4) is 5.75 Å². The highest BCUT2D eigenvalue weighted by atomic mass is 16.7. The van der Waals surface area contributed by atoms with Gasteiger partial charge in [0.25, 0.3) is 5.56 Å². The van der Waals surface area contributed by atoms with Gasteiger partial charge >= 0.3 is 5.97 Å². The number of pyridine rings is 1. The van der Waals surface area contributed by atoms with Crippen LogP contribution in [0.2, 0.25) is 0 Å². The van der Waals surface area contributed by atoms with Crippen LogP contribution in [0.25, 0.3) is 10.9 Å². The molecule has 3 rings (SSSR count). The van der Waals surface area contributed by atoms with E-state index in [1.54, 1.807) is 24.3 Å². The molecular weight excluding hydrogens is 322 g/mol. The summed E-state index contributed by atoms with van der Waals surface area (Å²) in [7, 11) is 0. The molecule has 0 unspecified atom stereocenters. The minimum absolute atomic E-state index is 0.0473. The standard InChI is InChI=1S/C15H15NO8/c17-9-5-8(6-3-1-2-4-7(6)16-9)23-15-12(20)10(18)11(19)13(24-15)14(21)22/h1-5,10-13,15,18-20H,(H,16,17)(H,21,22)/t10-,11-,12+,13-,15+/m0/s1. The first-order chi connectivity index (χ1) is 11.4. The molecule has 2 heterocycles.